The standard InChI is InChI=1S/C13H23N5/c1-3-17(4-2)12-5-6-18(10-12)13-15-8-11(7-14)9-16-13/h8-9,12H,3-7,10,14H2,1-2H3. The van der Waals surface area contributed by atoms with Gasteiger partial charge in [-0.1, -0.05) is 13.8 Å². The second-order valence-electron chi connectivity index (χ2n) is 4.71. The fraction of sp³-hybridized carbons (Fsp3) is 0.692. The molecule has 0 aliphatic carbocycles. The Hall–Kier alpha value is -1.20. The Kier molecular flexibility index (Phi) is 4.49. The summed E-state index contributed by atoms with van der Waals surface area (Å²) >= 11 is 0. The minimum atomic E-state index is 0.502. The van der Waals surface area contributed by atoms with Gasteiger partial charge >= 0.3 is 0 Å². The van der Waals surface area contributed by atoms with E-state index < -0.39 is 0 Å². The molecular formula is C13H23N5. The molecule has 1 unspecified atom stereocenters. The highest BCUT2D eigenvalue weighted by Crippen LogP contribution is 2.19. The topological polar surface area (TPSA) is 58.3 Å². The van der Waals surface area contributed by atoms with Crippen LogP contribution in [0.3, 0.4) is 0 Å². The third-order valence-corrected chi connectivity index (χ3v) is 3.70. The van der Waals surface area contributed by atoms with E-state index in [1.165, 1.54) is 6.42 Å². The maximum absolute atomic E-state index is 5.55. The summed E-state index contributed by atoms with van der Waals surface area (Å²) < 4.78 is 0. The van der Waals surface area contributed by atoms with Gasteiger partial charge in [0.15, 0.2) is 0 Å². The molecule has 1 aromatic rings. The van der Waals surface area contributed by atoms with E-state index in [0.717, 1.165) is 37.7 Å². The number of anilines is 1. The lowest BCUT2D eigenvalue weighted by Gasteiger charge is -2.26. The minimum absolute atomic E-state index is 0.502. The first-order valence-corrected chi connectivity index (χ1v) is 6.78. The third-order valence-electron chi connectivity index (χ3n) is 3.70. The van der Waals surface area contributed by atoms with Crippen LogP contribution in [0.2, 0.25) is 0 Å². The lowest BCUT2D eigenvalue weighted by Crippen LogP contribution is -2.37. The maximum Gasteiger partial charge on any atom is 0.225 e. The largest absolute Gasteiger partial charge is 0.339 e. The van der Waals surface area contributed by atoms with E-state index in [4.69, 9.17) is 5.73 Å². The Bertz CT molecular complexity index is 360. The van der Waals surface area contributed by atoms with Crippen molar-refractivity contribution in [3.05, 3.63) is 18.0 Å². The summed E-state index contributed by atoms with van der Waals surface area (Å²) in [5, 5.41) is 0. The van der Waals surface area contributed by atoms with Gasteiger partial charge < -0.3 is 10.6 Å². The van der Waals surface area contributed by atoms with E-state index in [0.29, 0.717) is 12.6 Å². The molecule has 1 fully saturated rings. The molecule has 2 heterocycles. The third kappa shape index (κ3) is 2.79. The fourth-order valence-electron chi connectivity index (χ4n) is 2.58. The Balaban J connectivity index is 1.99. The Morgan fingerprint density at radius 2 is 2.00 bits per heavy atom. The zero-order chi connectivity index (χ0) is 13.0. The van der Waals surface area contributed by atoms with E-state index in [1.807, 2.05) is 12.4 Å². The van der Waals surface area contributed by atoms with Crippen molar-refractivity contribution in [2.45, 2.75) is 32.9 Å². The SMILES string of the molecule is CCN(CC)C1CCN(c2ncc(CN)cn2)C1. The van der Waals surface area contributed by atoms with Crippen LogP contribution in [0.15, 0.2) is 12.4 Å². The lowest BCUT2D eigenvalue weighted by molar-refractivity contribution is 0.232. The smallest absolute Gasteiger partial charge is 0.225 e. The predicted molar refractivity (Wildman–Crippen MR) is 73.5 cm³/mol. The van der Waals surface area contributed by atoms with Gasteiger partial charge in [0.2, 0.25) is 5.95 Å². The second-order valence-corrected chi connectivity index (χ2v) is 4.71. The number of nitrogens with two attached hydrogens (primary N) is 1. The van der Waals surface area contributed by atoms with E-state index in [9.17, 15) is 0 Å². The number of aromatic nitrogens is 2. The summed E-state index contributed by atoms with van der Waals surface area (Å²) in [6.07, 6.45) is 4.85. The van der Waals surface area contributed by atoms with Gasteiger partial charge in [0.1, 0.15) is 0 Å². The van der Waals surface area contributed by atoms with Crippen molar-refractivity contribution in [3.63, 3.8) is 0 Å². The van der Waals surface area contributed by atoms with Crippen molar-refractivity contribution in [2.24, 2.45) is 5.73 Å². The second kappa shape index (κ2) is 6.11. The summed E-state index contributed by atoms with van der Waals surface area (Å²) in [6.45, 7) is 9.25. The summed E-state index contributed by atoms with van der Waals surface area (Å²) in [5.74, 6) is 0.835. The van der Waals surface area contributed by atoms with Gasteiger partial charge in [0.05, 0.1) is 0 Å². The molecule has 0 saturated carbocycles. The molecule has 0 aromatic carbocycles. The van der Waals surface area contributed by atoms with Gasteiger partial charge in [-0.25, -0.2) is 9.97 Å². The van der Waals surface area contributed by atoms with Gasteiger partial charge in [-0.15, -0.1) is 0 Å². The monoisotopic (exact) mass is 249 g/mol. The molecule has 0 bridgehead atoms. The van der Waals surface area contributed by atoms with E-state index in [2.05, 4.69) is 33.6 Å². The van der Waals surface area contributed by atoms with Crippen LogP contribution >= 0.6 is 0 Å². The molecule has 1 aromatic heterocycles. The lowest BCUT2D eigenvalue weighted by atomic mass is 10.2. The number of likely N-dealkylation sites (N-methyl/N-ethyl adjacent to an activating group) is 1. The average molecular weight is 249 g/mol. The first-order valence-electron chi connectivity index (χ1n) is 6.78. The van der Waals surface area contributed by atoms with Crippen LogP contribution in [0.5, 0.6) is 0 Å². The van der Waals surface area contributed by atoms with Crippen LogP contribution in [0.1, 0.15) is 25.8 Å². The van der Waals surface area contributed by atoms with E-state index >= 15 is 0 Å². The van der Waals surface area contributed by atoms with Crippen LogP contribution in [0, 0.1) is 0 Å². The van der Waals surface area contributed by atoms with Gasteiger partial charge in [-0.3, -0.25) is 4.90 Å². The highest BCUT2D eigenvalue weighted by molar-refractivity contribution is 5.32. The molecule has 5 nitrogen and oxygen atoms in total. The summed E-state index contributed by atoms with van der Waals surface area (Å²) in [4.78, 5) is 13.6. The summed E-state index contributed by atoms with van der Waals surface area (Å²) in [5.41, 5.74) is 6.54. The quantitative estimate of drug-likeness (QED) is 0.838. The molecular weight excluding hydrogens is 226 g/mol. The molecule has 1 aliphatic rings. The Morgan fingerprint density at radius 1 is 1.33 bits per heavy atom. The minimum Gasteiger partial charge on any atom is -0.339 e. The fourth-order valence-corrected chi connectivity index (χ4v) is 2.58. The zero-order valence-corrected chi connectivity index (χ0v) is 11.3. The summed E-state index contributed by atoms with van der Waals surface area (Å²) in [6, 6.07) is 0.637. The molecule has 5 heteroatoms. The number of nitrogens with zero attached hydrogens (tertiary/aromatic N) is 4. The molecule has 2 rings (SSSR count). The molecule has 2 N–H and O–H groups in total. The normalized spacial score (nSPS) is 19.8. The molecule has 0 spiro atoms. The Labute approximate surface area is 109 Å². The number of hydrogen-bond acceptors (Lipinski definition) is 5. The van der Waals surface area contributed by atoms with Crippen LogP contribution < -0.4 is 10.6 Å². The highest BCUT2D eigenvalue weighted by Gasteiger charge is 2.27. The molecule has 18 heavy (non-hydrogen) atoms. The zero-order valence-electron chi connectivity index (χ0n) is 11.3. The molecule has 1 saturated heterocycles. The van der Waals surface area contributed by atoms with Gasteiger partial charge in [-0.05, 0) is 19.5 Å². The molecule has 1 aliphatic heterocycles. The van der Waals surface area contributed by atoms with Gasteiger partial charge in [0, 0.05) is 43.6 Å². The maximum atomic E-state index is 5.55. The first-order chi connectivity index (χ1) is 8.78. The van der Waals surface area contributed by atoms with Gasteiger partial charge in [-0.2, -0.15) is 0 Å². The first kappa shape index (κ1) is 13.2. The predicted octanol–water partition coefficient (Wildman–Crippen LogP) is 0.856. The number of rotatable bonds is 5. The molecule has 1 atom stereocenters. The number of hydrogen-bond donors (Lipinski definition) is 1. The van der Waals surface area contributed by atoms with E-state index in [1.54, 1.807) is 0 Å². The van der Waals surface area contributed by atoms with E-state index in [-0.39, 0.29) is 0 Å². The molecule has 0 radical (unpaired) electrons. The molecule has 100 valence electrons. The van der Waals surface area contributed by atoms with Crippen molar-refractivity contribution in [3.8, 4) is 0 Å². The van der Waals surface area contributed by atoms with Crippen molar-refractivity contribution < 1.29 is 0 Å². The van der Waals surface area contributed by atoms with Crippen LogP contribution in [-0.2, 0) is 6.54 Å². The average Bonchev–Trinajstić information content (AvgIpc) is 2.90. The molecule has 0 amide bonds. The summed E-state index contributed by atoms with van der Waals surface area (Å²) in [7, 11) is 0. The van der Waals surface area contributed by atoms with Crippen LogP contribution in [-0.4, -0.2) is 47.1 Å². The van der Waals surface area contributed by atoms with Crippen molar-refractivity contribution in [1.29, 1.82) is 0 Å². The van der Waals surface area contributed by atoms with Crippen molar-refractivity contribution in [2.75, 3.05) is 31.1 Å². The van der Waals surface area contributed by atoms with Gasteiger partial charge in [0.25, 0.3) is 0 Å². The Morgan fingerprint density at radius 3 is 2.56 bits per heavy atom. The van der Waals surface area contributed by atoms with Crippen LogP contribution in [0.4, 0.5) is 5.95 Å². The highest BCUT2D eigenvalue weighted by atomic mass is 15.3. The van der Waals surface area contributed by atoms with Crippen LogP contribution in [0.25, 0.3) is 0 Å². The van der Waals surface area contributed by atoms with Crippen molar-refractivity contribution >= 4 is 5.95 Å². The van der Waals surface area contributed by atoms with Crippen molar-refractivity contribution in [1.82, 2.24) is 14.9 Å².